The Morgan fingerprint density at radius 1 is 0.972 bits per heavy atom. The van der Waals surface area contributed by atoms with Crippen molar-refractivity contribution in [1.29, 1.82) is 0 Å². The summed E-state index contributed by atoms with van der Waals surface area (Å²) in [6.07, 6.45) is -0.121. The van der Waals surface area contributed by atoms with Crippen LogP contribution in [0.3, 0.4) is 0 Å². The Morgan fingerprint density at radius 2 is 1.75 bits per heavy atom. The van der Waals surface area contributed by atoms with Crippen LogP contribution in [0.15, 0.2) is 59.0 Å². The van der Waals surface area contributed by atoms with Gasteiger partial charge in [0.2, 0.25) is 0 Å². The van der Waals surface area contributed by atoms with Crippen molar-refractivity contribution in [3.63, 3.8) is 0 Å². The summed E-state index contributed by atoms with van der Waals surface area (Å²) in [4.78, 5) is 11.7. The van der Waals surface area contributed by atoms with Crippen LogP contribution in [0.1, 0.15) is 22.5 Å². The average Bonchev–Trinajstić information content (AvgIpc) is 3.28. The molecule has 0 fully saturated rings. The molecule has 0 bridgehead atoms. The number of methoxy groups -OCH3 is 2. The lowest BCUT2D eigenvalue weighted by molar-refractivity contribution is -0.139. The largest absolute Gasteiger partial charge is 0.489 e. The van der Waals surface area contributed by atoms with Gasteiger partial charge in [0.1, 0.15) is 41.9 Å². The first kappa shape index (κ1) is 26.8. The normalized spacial score (nSPS) is 10.6. The van der Waals surface area contributed by atoms with Gasteiger partial charge in [-0.25, -0.2) is 8.78 Å². The third-order valence-corrected chi connectivity index (χ3v) is 5.47. The predicted molar refractivity (Wildman–Crippen MR) is 134 cm³/mol. The quantitative estimate of drug-likeness (QED) is 0.314. The van der Waals surface area contributed by atoms with Crippen molar-refractivity contribution >= 4 is 16.9 Å². The van der Waals surface area contributed by atoms with Crippen molar-refractivity contribution in [2.45, 2.75) is 26.6 Å². The Morgan fingerprint density at radius 3 is 2.47 bits per heavy atom. The molecule has 6 nitrogen and oxygen atoms in total. The highest BCUT2D eigenvalue weighted by Gasteiger charge is 2.17. The van der Waals surface area contributed by atoms with Crippen LogP contribution in [-0.4, -0.2) is 27.2 Å². The van der Waals surface area contributed by atoms with Crippen molar-refractivity contribution in [3.8, 4) is 16.9 Å². The van der Waals surface area contributed by atoms with E-state index in [1.165, 1.54) is 32.4 Å². The molecule has 8 heteroatoms. The Bertz CT molecular complexity index is 1350. The molecule has 4 rings (SSSR count). The van der Waals surface area contributed by atoms with Crippen molar-refractivity contribution < 1.29 is 32.2 Å². The van der Waals surface area contributed by atoms with Crippen LogP contribution >= 0.6 is 0 Å². The van der Waals surface area contributed by atoms with Gasteiger partial charge in [-0.3, -0.25) is 4.79 Å². The van der Waals surface area contributed by atoms with Crippen LogP contribution in [0.2, 0.25) is 0 Å². The van der Waals surface area contributed by atoms with Crippen molar-refractivity contribution in [1.82, 2.24) is 0 Å². The van der Waals surface area contributed by atoms with Crippen LogP contribution in [0.4, 0.5) is 8.78 Å². The van der Waals surface area contributed by atoms with E-state index in [4.69, 9.17) is 18.6 Å². The molecule has 1 heterocycles. The van der Waals surface area contributed by atoms with E-state index in [0.29, 0.717) is 39.3 Å². The zero-order chi connectivity index (χ0) is 26.2. The van der Waals surface area contributed by atoms with E-state index in [2.05, 4.69) is 5.73 Å². The van der Waals surface area contributed by atoms with Crippen LogP contribution in [0, 0.1) is 18.6 Å². The molecule has 0 saturated carbocycles. The molecule has 4 aromatic rings. The summed E-state index contributed by atoms with van der Waals surface area (Å²) < 4.78 is 50.6. The first-order chi connectivity index (χ1) is 17.4. The van der Waals surface area contributed by atoms with E-state index in [1.807, 2.05) is 18.2 Å². The number of hydrogen-bond donors (Lipinski definition) is 1. The summed E-state index contributed by atoms with van der Waals surface area (Å²) >= 11 is 0. The number of aryl methyl sites for hydroxylation is 1. The van der Waals surface area contributed by atoms with E-state index < -0.39 is 11.8 Å². The summed E-state index contributed by atoms with van der Waals surface area (Å²) in [7, 11) is 4.34. The van der Waals surface area contributed by atoms with Gasteiger partial charge in [-0.05, 0) is 61.5 Å². The Kier molecular flexibility index (Phi) is 9.16. The second kappa shape index (κ2) is 12.3. The van der Waals surface area contributed by atoms with Gasteiger partial charge < -0.3 is 24.4 Å². The first-order valence-corrected chi connectivity index (χ1v) is 11.2. The second-order valence-electron chi connectivity index (χ2n) is 7.94. The fourth-order valence-corrected chi connectivity index (χ4v) is 3.84. The lowest BCUT2D eigenvalue weighted by Crippen LogP contribution is -2.07. The number of rotatable bonds is 8. The lowest BCUT2D eigenvalue weighted by atomic mass is 9.98. The first-order valence-electron chi connectivity index (χ1n) is 11.2. The van der Waals surface area contributed by atoms with Gasteiger partial charge in [0, 0.05) is 29.2 Å². The van der Waals surface area contributed by atoms with Gasteiger partial charge in [0.05, 0.1) is 13.5 Å². The molecule has 0 radical (unpaired) electrons. The zero-order valence-electron chi connectivity index (χ0n) is 20.7. The van der Waals surface area contributed by atoms with Gasteiger partial charge in [0.15, 0.2) is 0 Å². The topological polar surface area (TPSA) is 83.9 Å². The number of fused-ring (bicyclic) bond motifs is 1. The molecule has 0 aliphatic rings. The molecule has 3 aromatic carbocycles. The number of nitrogens with two attached hydrogens (primary N) is 1. The van der Waals surface area contributed by atoms with Gasteiger partial charge >= 0.3 is 5.97 Å². The number of furan rings is 1. The standard InChI is InChI=1S/C27H24F2O5.CH5N/c1-16-5-4-6-22(26(16)29)23-10-17(9-19-12-21(15-31-2)34-27(19)23)14-33-24-8-7-20(28)11-18(24)13-25(30)32-3;1-2/h4-12H,13-15H2,1-3H3;2H2,1H3. The maximum absolute atomic E-state index is 15.0. The van der Waals surface area contributed by atoms with Crippen LogP contribution in [0.5, 0.6) is 5.75 Å². The van der Waals surface area contributed by atoms with Crippen molar-refractivity contribution in [2.75, 3.05) is 21.3 Å². The maximum Gasteiger partial charge on any atom is 0.310 e. The summed E-state index contributed by atoms with van der Waals surface area (Å²) in [6.45, 7) is 2.10. The third-order valence-electron chi connectivity index (χ3n) is 5.47. The summed E-state index contributed by atoms with van der Waals surface area (Å²) in [5.74, 6) is -0.330. The number of hydrogen-bond acceptors (Lipinski definition) is 6. The van der Waals surface area contributed by atoms with E-state index >= 15 is 4.39 Å². The molecule has 0 atom stereocenters. The Hall–Kier alpha value is -3.75. The van der Waals surface area contributed by atoms with Gasteiger partial charge in [-0.1, -0.05) is 18.2 Å². The van der Waals surface area contributed by atoms with E-state index in [1.54, 1.807) is 32.2 Å². The smallest absolute Gasteiger partial charge is 0.310 e. The Labute approximate surface area is 208 Å². The number of carbonyl (C=O) groups is 1. The SMILES string of the molecule is CN.COCc1cc2cc(COc3ccc(F)cc3CC(=O)OC)cc(-c3cccc(C)c3F)c2o1. The fourth-order valence-electron chi connectivity index (χ4n) is 3.84. The van der Waals surface area contributed by atoms with Gasteiger partial charge in [-0.15, -0.1) is 0 Å². The van der Waals surface area contributed by atoms with E-state index in [9.17, 15) is 9.18 Å². The van der Waals surface area contributed by atoms with Crippen molar-refractivity contribution in [2.24, 2.45) is 5.73 Å². The van der Waals surface area contributed by atoms with Gasteiger partial charge in [-0.2, -0.15) is 0 Å². The molecular weight excluding hydrogens is 468 g/mol. The van der Waals surface area contributed by atoms with Crippen LogP contribution < -0.4 is 10.5 Å². The number of halogens is 2. The highest BCUT2D eigenvalue weighted by atomic mass is 19.1. The van der Waals surface area contributed by atoms with E-state index in [0.717, 1.165) is 10.9 Å². The number of carbonyl (C=O) groups excluding carboxylic acids is 1. The van der Waals surface area contributed by atoms with E-state index in [-0.39, 0.29) is 25.5 Å². The molecule has 0 unspecified atom stereocenters. The average molecular weight is 498 g/mol. The van der Waals surface area contributed by atoms with Crippen LogP contribution in [-0.2, 0) is 33.9 Å². The molecule has 0 spiro atoms. The molecule has 1 aromatic heterocycles. The highest BCUT2D eigenvalue weighted by Crippen LogP contribution is 2.35. The molecule has 0 aliphatic heterocycles. The molecule has 0 aliphatic carbocycles. The predicted octanol–water partition coefficient (Wildman–Crippen LogP) is 5.70. The summed E-state index contributed by atoms with van der Waals surface area (Å²) in [5.41, 5.74) is 7.71. The minimum atomic E-state index is -0.502. The van der Waals surface area contributed by atoms with Crippen molar-refractivity contribution in [3.05, 3.63) is 88.7 Å². The van der Waals surface area contributed by atoms with Crippen LogP contribution in [0.25, 0.3) is 22.1 Å². The summed E-state index contributed by atoms with van der Waals surface area (Å²) in [5, 5.41) is 0.776. The molecule has 2 N–H and O–H groups in total. The number of benzene rings is 3. The molecule has 0 saturated heterocycles. The summed E-state index contributed by atoms with van der Waals surface area (Å²) in [6, 6.07) is 14.7. The molecule has 190 valence electrons. The lowest BCUT2D eigenvalue weighted by Gasteiger charge is -2.13. The molecule has 0 amide bonds. The molecular formula is C28H29F2NO5. The monoisotopic (exact) mass is 497 g/mol. The third kappa shape index (κ3) is 6.08. The maximum atomic E-state index is 15.0. The highest BCUT2D eigenvalue weighted by molar-refractivity contribution is 5.94. The molecule has 36 heavy (non-hydrogen) atoms. The number of esters is 1. The zero-order valence-corrected chi connectivity index (χ0v) is 20.7. The van der Waals surface area contributed by atoms with Gasteiger partial charge in [0.25, 0.3) is 0 Å². The minimum Gasteiger partial charge on any atom is -0.489 e. The minimum absolute atomic E-state index is 0.112. The fraction of sp³-hybridized carbons (Fsp3) is 0.250. The second-order valence-corrected chi connectivity index (χ2v) is 7.94. The Balaban J connectivity index is 0.00000176. The number of ether oxygens (including phenoxy) is 3.